The van der Waals surface area contributed by atoms with Gasteiger partial charge in [0.05, 0.1) is 12.1 Å². The van der Waals surface area contributed by atoms with Crippen molar-refractivity contribution in [2.24, 2.45) is 5.73 Å². The van der Waals surface area contributed by atoms with Gasteiger partial charge >= 0.3 is 12.2 Å². The van der Waals surface area contributed by atoms with E-state index in [1.807, 2.05) is 0 Å². The van der Waals surface area contributed by atoms with E-state index in [-0.39, 0.29) is 12.5 Å². The Morgan fingerprint density at radius 1 is 1.17 bits per heavy atom. The van der Waals surface area contributed by atoms with Gasteiger partial charge in [-0.15, -0.1) is 0 Å². The molecule has 1 fully saturated rings. The van der Waals surface area contributed by atoms with Crippen LogP contribution in [0.4, 0.5) is 23.7 Å². The topological polar surface area (TPSA) is 78.7 Å². The molecular formula is C14H17F3N4O2. The number of alkyl halides is 3. The van der Waals surface area contributed by atoms with Crippen LogP contribution in [0.2, 0.25) is 0 Å². The maximum atomic E-state index is 12.7. The molecular weight excluding hydrogens is 313 g/mol. The summed E-state index contributed by atoms with van der Waals surface area (Å²) in [6.07, 6.45) is -4.38. The zero-order valence-corrected chi connectivity index (χ0v) is 12.3. The number of primary amides is 1. The number of carbonyl (C=O) groups excluding carboxylic acids is 2. The van der Waals surface area contributed by atoms with E-state index in [2.05, 4.69) is 5.32 Å². The van der Waals surface area contributed by atoms with Crippen LogP contribution in [0.1, 0.15) is 5.56 Å². The lowest BCUT2D eigenvalue weighted by atomic mass is 10.1. The molecule has 0 radical (unpaired) electrons. The van der Waals surface area contributed by atoms with Crippen LogP contribution >= 0.6 is 0 Å². The van der Waals surface area contributed by atoms with Crippen LogP contribution < -0.4 is 16.0 Å². The standard InChI is InChI=1S/C14H17F3N4O2/c15-14(16,17)10-2-1-3-11(8-10)20-4-6-21(7-5-20)12(22)9-19-13(18)23/h1-3,8H,4-7,9H2,(H3,18,19,23). The molecule has 1 aliphatic rings. The molecule has 0 unspecified atom stereocenters. The van der Waals surface area contributed by atoms with Crippen molar-refractivity contribution < 1.29 is 22.8 Å². The predicted octanol–water partition coefficient (Wildman–Crippen LogP) is 1.02. The van der Waals surface area contributed by atoms with Crippen LogP contribution in [-0.4, -0.2) is 49.6 Å². The Balaban J connectivity index is 1.94. The number of anilines is 1. The smallest absolute Gasteiger partial charge is 0.368 e. The van der Waals surface area contributed by atoms with Gasteiger partial charge < -0.3 is 20.9 Å². The monoisotopic (exact) mass is 330 g/mol. The number of carbonyl (C=O) groups is 2. The summed E-state index contributed by atoms with van der Waals surface area (Å²) in [4.78, 5) is 25.7. The second-order valence-electron chi connectivity index (χ2n) is 5.13. The first-order valence-corrected chi connectivity index (χ1v) is 7.00. The van der Waals surface area contributed by atoms with Crippen LogP contribution in [0.25, 0.3) is 0 Å². The predicted molar refractivity (Wildman–Crippen MR) is 77.8 cm³/mol. The average molecular weight is 330 g/mol. The number of urea groups is 1. The molecule has 1 aromatic carbocycles. The molecule has 1 heterocycles. The number of rotatable bonds is 3. The molecule has 1 saturated heterocycles. The summed E-state index contributed by atoms with van der Waals surface area (Å²) in [6.45, 7) is 1.40. The highest BCUT2D eigenvalue weighted by atomic mass is 19.4. The number of benzene rings is 1. The zero-order chi connectivity index (χ0) is 17.0. The van der Waals surface area contributed by atoms with Crippen molar-refractivity contribution in [3.8, 4) is 0 Å². The lowest BCUT2D eigenvalue weighted by molar-refractivity contribution is -0.137. The number of halogens is 3. The third-order valence-corrected chi connectivity index (χ3v) is 3.58. The van der Waals surface area contributed by atoms with Gasteiger partial charge in [-0.2, -0.15) is 13.2 Å². The third kappa shape index (κ3) is 4.51. The van der Waals surface area contributed by atoms with Crippen molar-refractivity contribution in [3.63, 3.8) is 0 Å². The van der Waals surface area contributed by atoms with Crippen LogP contribution in [0, 0.1) is 0 Å². The Morgan fingerprint density at radius 3 is 2.39 bits per heavy atom. The van der Waals surface area contributed by atoms with Gasteiger partial charge in [-0.3, -0.25) is 4.79 Å². The fraction of sp³-hybridized carbons (Fsp3) is 0.429. The van der Waals surface area contributed by atoms with Crippen LogP contribution in [0.5, 0.6) is 0 Å². The van der Waals surface area contributed by atoms with Gasteiger partial charge in [0, 0.05) is 31.9 Å². The number of nitrogens with zero attached hydrogens (tertiary/aromatic N) is 2. The number of nitrogens with two attached hydrogens (primary N) is 1. The van der Waals surface area contributed by atoms with E-state index in [0.29, 0.717) is 31.9 Å². The van der Waals surface area contributed by atoms with E-state index < -0.39 is 17.8 Å². The highest BCUT2D eigenvalue weighted by molar-refractivity contribution is 5.83. The fourth-order valence-corrected chi connectivity index (χ4v) is 2.37. The Morgan fingerprint density at radius 2 is 1.83 bits per heavy atom. The van der Waals surface area contributed by atoms with Crippen molar-refractivity contribution >= 4 is 17.6 Å². The molecule has 3 N–H and O–H groups in total. The first kappa shape index (κ1) is 16.9. The number of nitrogens with one attached hydrogen (secondary N) is 1. The van der Waals surface area contributed by atoms with Crippen molar-refractivity contribution in [3.05, 3.63) is 29.8 Å². The van der Waals surface area contributed by atoms with Crippen LogP contribution in [0.15, 0.2) is 24.3 Å². The van der Waals surface area contributed by atoms with E-state index in [9.17, 15) is 22.8 Å². The Bertz CT molecular complexity index is 584. The van der Waals surface area contributed by atoms with Crippen LogP contribution in [-0.2, 0) is 11.0 Å². The summed E-state index contributed by atoms with van der Waals surface area (Å²) in [5.41, 5.74) is 4.68. The van der Waals surface area contributed by atoms with Gasteiger partial charge in [0.2, 0.25) is 5.91 Å². The minimum Gasteiger partial charge on any atom is -0.368 e. The summed E-state index contributed by atoms with van der Waals surface area (Å²) in [5, 5.41) is 2.22. The van der Waals surface area contributed by atoms with Crippen molar-refractivity contribution in [1.82, 2.24) is 10.2 Å². The minimum atomic E-state index is -4.38. The molecule has 0 bridgehead atoms. The number of hydrogen-bond acceptors (Lipinski definition) is 3. The Labute approximate surface area is 131 Å². The van der Waals surface area contributed by atoms with Gasteiger partial charge in [-0.05, 0) is 18.2 Å². The maximum absolute atomic E-state index is 12.7. The third-order valence-electron chi connectivity index (χ3n) is 3.58. The largest absolute Gasteiger partial charge is 0.416 e. The van der Waals surface area contributed by atoms with E-state index in [4.69, 9.17) is 5.73 Å². The van der Waals surface area contributed by atoms with Gasteiger partial charge in [-0.1, -0.05) is 6.07 Å². The van der Waals surface area contributed by atoms with Gasteiger partial charge in [0.1, 0.15) is 0 Å². The molecule has 1 aliphatic heterocycles. The van der Waals surface area contributed by atoms with E-state index >= 15 is 0 Å². The molecule has 0 aliphatic carbocycles. The number of piperazine rings is 1. The van der Waals surface area contributed by atoms with E-state index in [0.717, 1.165) is 12.1 Å². The first-order chi connectivity index (χ1) is 10.8. The molecule has 0 atom stereocenters. The summed E-state index contributed by atoms with van der Waals surface area (Å²) in [5.74, 6) is -0.271. The summed E-state index contributed by atoms with van der Waals surface area (Å²) in [6, 6.07) is 4.33. The molecule has 0 saturated carbocycles. The second kappa shape index (κ2) is 6.76. The van der Waals surface area contributed by atoms with E-state index in [1.165, 1.54) is 6.07 Å². The van der Waals surface area contributed by atoms with E-state index in [1.54, 1.807) is 15.9 Å². The second-order valence-corrected chi connectivity index (χ2v) is 5.13. The van der Waals surface area contributed by atoms with Gasteiger partial charge in [-0.25, -0.2) is 4.79 Å². The SMILES string of the molecule is NC(=O)NCC(=O)N1CCN(c2cccc(C(F)(F)F)c2)CC1. The number of amides is 3. The fourth-order valence-electron chi connectivity index (χ4n) is 2.37. The molecule has 0 spiro atoms. The minimum absolute atomic E-state index is 0.182. The molecule has 9 heteroatoms. The summed E-state index contributed by atoms with van der Waals surface area (Å²) < 4.78 is 38.2. The van der Waals surface area contributed by atoms with Crippen molar-refractivity contribution in [1.29, 1.82) is 0 Å². The average Bonchev–Trinajstić information content (AvgIpc) is 2.52. The zero-order valence-electron chi connectivity index (χ0n) is 12.3. The quantitative estimate of drug-likeness (QED) is 0.869. The maximum Gasteiger partial charge on any atom is 0.416 e. The molecule has 2 rings (SSSR count). The van der Waals surface area contributed by atoms with Crippen molar-refractivity contribution in [2.75, 3.05) is 37.6 Å². The summed E-state index contributed by atoms with van der Waals surface area (Å²) >= 11 is 0. The summed E-state index contributed by atoms with van der Waals surface area (Å²) in [7, 11) is 0. The van der Waals surface area contributed by atoms with Crippen molar-refractivity contribution in [2.45, 2.75) is 6.18 Å². The lowest BCUT2D eigenvalue weighted by Gasteiger charge is -2.36. The highest BCUT2D eigenvalue weighted by Gasteiger charge is 2.31. The lowest BCUT2D eigenvalue weighted by Crippen LogP contribution is -2.51. The molecule has 6 nitrogen and oxygen atoms in total. The molecule has 3 amide bonds. The molecule has 0 aromatic heterocycles. The van der Waals surface area contributed by atoms with Crippen LogP contribution in [0.3, 0.4) is 0 Å². The Kier molecular flexibility index (Phi) is 4.97. The normalized spacial score (nSPS) is 15.4. The highest BCUT2D eigenvalue weighted by Crippen LogP contribution is 2.31. The van der Waals surface area contributed by atoms with Gasteiger partial charge in [0.15, 0.2) is 0 Å². The molecule has 1 aromatic rings. The number of hydrogen-bond donors (Lipinski definition) is 2. The molecule has 23 heavy (non-hydrogen) atoms. The first-order valence-electron chi connectivity index (χ1n) is 7.00. The Hall–Kier alpha value is -2.45. The van der Waals surface area contributed by atoms with Gasteiger partial charge in [0.25, 0.3) is 0 Å². The molecule has 126 valence electrons.